The molecule has 1 atom stereocenters. The van der Waals surface area contributed by atoms with Crippen LogP contribution in [0.1, 0.15) is 30.6 Å². The summed E-state index contributed by atoms with van der Waals surface area (Å²) in [6.45, 7) is 2.75. The maximum absolute atomic E-state index is 10.5. The van der Waals surface area contributed by atoms with E-state index in [1.165, 1.54) is 0 Å². The predicted molar refractivity (Wildman–Crippen MR) is 84.3 cm³/mol. The number of methoxy groups -OCH3 is 1. The van der Waals surface area contributed by atoms with Gasteiger partial charge < -0.3 is 14.6 Å². The lowest BCUT2D eigenvalue weighted by atomic mass is 10.0. The first kappa shape index (κ1) is 15.7. The fraction of sp³-hybridized carbons (Fsp3) is 0.294. The second-order valence-corrected chi connectivity index (χ2v) is 5.14. The first-order chi connectivity index (χ1) is 10.2. The summed E-state index contributed by atoms with van der Waals surface area (Å²) in [6, 6.07) is 12.6. The van der Waals surface area contributed by atoms with Gasteiger partial charge in [0.1, 0.15) is 17.6 Å². The van der Waals surface area contributed by atoms with Gasteiger partial charge in [-0.2, -0.15) is 0 Å². The lowest BCUT2D eigenvalue weighted by Gasteiger charge is -2.16. The van der Waals surface area contributed by atoms with Crippen molar-refractivity contribution in [1.82, 2.24) is 0 Å². The van der Waals surface area contributed by atoms with E-state index in [9.17, 15) is 5.11 Å². The number of benzene rings is 2. The summed E-state index contributed by atoms with van der Waals surface area (Å²) in [5.74, 6) is 1.37. The van der Waals surface area contributed by atoms with Crippen LogP contribution in [0.25, 0.3) is 0 Å². The summed E-state index contributed by atoms with van der Waals surface area (Å²) < 4.78 is 10.8. The Hall–Kier alpha value is -1.71. The summed E-state index contributed by atoms with van der Waals surface area (Å²) in [5, 5.41) is 11.1. The van der Waals surface area contributed by atoms with Crippen molar-refractivity contribution in [3.8, 4) is 11.5 Å². The van der Waals surface area contributed by atoms with Gasteiger partial charge in [-0.05, 0) is 36.2 Å². The molecule has 2 rings (SSSR count). The minimum absolute atomic E-state index is 0.571. The Labute approximate surface area is 130 Å². The number of hydrogen-bond acceptors (Lipinski definition) is 3. The highest BCUT2D eigenvalue weighted by Crippen LogP contribution is 2.32. The molecule has 0 aliphatic heterocycles. The van der Waals surface area contributed by atoms with Gasteiger partial charge in [-0.3, -0.25) is 0 Å². The third-order valence-corrected chi connectivity index (χ3v) is 3.39. The largest absolute Gasteiger partial charge is 0.496 e. The SMILES string of the molecule is CCCOc1ccc(C(O)c2ccc(Cl)cc2OC)cc1. The first-order valence-corrected chi connectivity index (χ1v) is 7.27. The van der Waals surface area contributed by atoms with Crippen LogP contribution in [-0.4, -0.2) is 18.8 Å². The molecule has 21 heavy (non-hydrogen) atoms. The van der Waals surface area contributed by atoms with E-state index in [-0.39, 0.29) is 0 Å². The molecule has 0 aromatic heterocycles. The lowest BCUT2D eigenvalue weighted by Crippen LogP contribution is -2.03. The van der Waals surface area contributed by atoms with Gasteiger partial charge in [0, 0.05) is 10.6 Å². The van der Waals surface area contributed by atoms with Gasteiger partial charge in [-0.1, -0.05) is 36.7 Å². The Morgan fingerprint density at radius 3 is 2.48 bits per heavy atom. The van der Waals surface area contributed by atoms with Crippen LogP contribution in [0, 0.1) is 0 Å². The van der Waals surface area contributed by atoms with Gasteiger partial charge in [-0.15, -0.1) is 0 Å². The van der Waals surface area contributed by atoms with Crippen LogP contribution >= 0.6 is 11.6 Å². The Morgan fingerprint density at radius 1 is 1.14 bits per heavy atom. The van der Waals surface area contributed by atoms with Crippen molar-refractivity contribution in [2.75, 3.05) is 13.7 Å². The molecule has 0 fully saturated rings. The number of aliphatic hydroxyl groups excluding tert-OH is 1. The average Bonchev–Trinajstić information content (AvgIpc) is 2.52. The zero-order chi connectivity index (χ0) is 15.2. The maximum Gasteiger partial charge on any atom is 0.126 e. The summed E-state index contributed by atoms with van der Waals surface area (Å²) in [4.78, 5) is 0. The van der Waals surface area contributed by atoms with E-state index >= 15 is 0 Å². The molecule has 0 aliphatic carbocycles. The predicted octanol–water partition coefficient (Wildman–Crippen LogP) is 4.22. The molecule has 0 saturated carbocycles. The van der Waals surface area contributed by atoms with E-state index in [0.29, 0.717) is 22.9 Å². The molecule has 0 radical (unpaired) electrons. The van der Waals surface area contributed by atoms with Gasteiger partial charge in [0.05, 0.1) is 13.7 Å². The van der Waals surface area contributed by atoms with Crippen molar-refractivity contribution in [2.24, 2.45) is 0 Å². The van der Waals surface area contributed by atoms with Gasteiger partial charge in [0.15, 0.2) is 0 Å². The van der Waals surface area contributed by atoms with Crippen molar-refractivity contribution in [3.05, 3.63) is 58.6 Å². The molecular formula is C17H19ClO3. The van der Waals surface area contributed by atoms with E-state index < -0.39 is 6.10 Å². The molecule has 112 valence electrons. The van der Waals surface area contributed by atoms with Gasteiger partial charge in [0.2, 0.25) is 0 Å². The summed E-state index contributed by atoms with van der Waals surface area (Å²) in [7, 11) is 1.56. The highest BCUT2D eigenvalue weighted by atomic mass is 35.5. The van der Waals surface area contributed by atoms with E-state index in [2.05, 4.69) is 6.92 Å². The Balaban J connectivity index is 2.21. The molecule has 3 nitrogen and oxygen atoms in total. The topological polar surface area (TPSA) is 38.7 Å². The molecular weight excluding hydrogens is 288 g/mol. The van der Waals surface area contributed by atoms with Crippen molar-refractivity contribution in [1.29, 1.82) is 0 Å². The second-order valence-electron chi connectivity index (χ2n) is 4.71. The number of halogens is 1. The molecule has 1 N–H and O–H groups in total. The summed E-state index contributed by atoms with van der Waals surface area (Å²) in [5.41, 5.74) is 1.46. The lowest BCUT2D eigenvalue weighted by molar-refractivity contribution is 0.214. The molecule has 0 heterocycles. The monoisotopic (exact) mass is 306 g/mol. The smallest absolute Gasteiger partial charge is 0.126 e. The Bertz CT molecular complexity index is 581. The minimum atomic E-state index is -0.766. The maximum atomic E-state index is 10.5. The van der Waals surface area contributed by atoms with Crippen molar-refractivity contribution < 1.29 is 14.6 Å². The third kappa shape index (κ3) is 3.90. The molecule has 1 unspecified atom stereocenters. The van der Waals surface area contributed by atoms with Crippen LogP contribution in [-0.2, 0) is 0 Å². The van der Waals surface area contributed by atoms with Crippen LogP contribution in [0.3, 0.4) is 0 Å². The van der Waals surface area contributed by atoms with E-state index in [1.807, 2.05) is 24.3 Å². The number of rotatable bonds is 6. The Kier molecular flexibility index (Phi) is 5.48. The fourth-order valence-corrected chi connectivity index (χ4v) is 2.22. The number of hydrogen-bond donors (Lipinski definition) is 1. The van der Waals surface area contributed by atoms with Crippen molar-refractivity contribution in [3.63, 3.8) is 0 Å². The molecule has 0 spiro atoms. The molecule has 0 amide bonds. The second kappa shape index (κ2) is 7.34. The van der Waals surface area contributed by atoms with Crippen LogP contribution in [0.15, 0.2) is 42.5 Å². The average molecular weight is 307 g/mol. The van der Waals surface area contributed by atoms with Crippen molar-refractivity contribution in [2.45, 2.75) is 19.4 Å². The van der Waals surface area contributed by atoms with Gasteiger partial charge in [0.25, 0.3) is 0 Å². The Morgan fingerprint density at radius 2 is 1.86 bits per heavy atom. The fourth-order valence-electron chi connectivity index (χ4n) is 2.06. The first-order valence-electron chi connectivity index (χ1n) is 6.90. The quantitative estimate of drug-likeness (QED) is 0.868. The number of aliphatic hydroxyl groups is 1. The van der Waals surface area contributed by atoms with Gasteiger partial charge in [-0.25, -0.2) is 0 Å². The minimum Gasteiger partial charge on any atom is -0.496 e. The third-order valence-electron chi connectivity index (χ3n) is 3.16. The summed E-state index contributed by atoms with van der Waals surface area (Å²) >= 11 is 5.94. The molecule has 2 aromatic rings. The number of ether oxygens (including phenoxy) is 2. The molecule has 0 bridgehead atoms. The van der Waals surface area contributed by atoms with Crippen LogP contribution < -0.4 is 9.47 Å². The zero-order valence-corrected chi connectivity index (χ0v) is 12.9. The van der Waals surface area contributed by atoms with E-state index in [0.717, 1.165) is 17.7 Å². The normalized spacial score (nSPS) is 12.0. The van der Waals surface area contributed by atoms with Gasteiger partial charge >= 0.3 is 0 Å². The van der Waals surface area contributed by atoms with Crippen LogP contribution in [0.4, 0.5) is 0 Å². The molecule has 4 heteroatoms. The molecule has 0 aliphatic rings. The highest BCUT2D eigenvalue weighted by Gasteiger charge is 2.15. The summed E-state index contributed by atoms with van der Waals surface area (Å²) in [6.07, 6.45) is 0.198. The van der Waals surface area contributed by atoms with Crippen LogP contribution in [0.5, 0.6) is 11.5 Å². The zero-order valence-electron chi connectivity index (χ0n) is 12.2. The van der Waals surface area contributed by atoms with Crippen molar-refractivity contribution >= 4 is 11.6 Å². The van der Waals surface area contributed by atoms with E-state index in [1.54, 1.807) is 25.3 Å². The molecule has 2 aromatic carbocycles. The van der Waals surface area contributed by atoms with Crippen LogP contribution in [0.2, 0.25) is 5.02 Å². The highest BCUT2D eigenvalue weighted by molar-refractivity contribution is 6.30. The standard InChI is InChI=1S/C17H19ClO3/c1-3-10-21-14-7-4-12(5-8-14)17(19)15-9-6-13(18)11-16(15)20-2/h4-9,11,17,19H,3,10H2,1-2H3. The molecule has 0 saturated heterocycles. The van der Waals surface area contributed by atoms with E-state index in [4.69, 9.17) is 21.1 Å².